The third kappa shape index (κ3) is 1.97. The quantitative estimate of drug-likeness (QED) is 0.775. The van der Waals surface area contributed by atoms with Crippen LogP contribution in [-0.4, -0.2) is 9.55 Å². The Labute approximate surface area is 100 Å². The van der Waals surface area contributed by atoms with Crippen molar-refractivity contribution in [2.45, 2.75) is 32.2 Å². The third-order valence-electron chi connectivity index (χ3n) is 3.41. The van der Waals surface area contributed by atoms with E-state index in [0.29, 0.717) is 6.54 Å². The fourth-order valence-corrected chi connectivity index (χ4v) is 2.48. The number of fused-ring (bicyclic) bond motifs is 1. The summed E-state index contributed by atoms with van der Waals surface area (Å²) in [6.07, 6.45) is 6.44. The van der Waals surface area contributed by atoms with E-state index in [9.17, 15) is 4.39 Å². The number of hydrogen-bond acceptors (Lipinski definition) is 1. The first-order valence-electron chi connectivity index (χ1n) is 6.11. The minimum Gasteiger partial charge on any atom is -0.330 e. The zero-order chi connectivity index (χ0) is 11.7. The monoisotopic (exact) mass is 230 g/mol. The number of hydrogen-bond donors (Lipinski definition) is 0. The van der Waals surface area contributed by atoms with Gasteiger partial charge in [0.1, 0.15) is 5.82 Å². The van der Waals surface area contributed by atoms with Gasteiger partial charge in [0.05, 0.1) is 18.6 Å². The van der Waals surface area contributed by atoms with Gasteiger partial charge in [-0.1, -0.05) is 18.2 Å². The number of imidazole rings is 1. The van der Waals surface area contributed by atoms with E-state index < -0.39 is 0 Å². The molecule has 0 spiro atoms. The molecule has 0 saturated carbocycles. The molecule has 1 aliphatic carbocycles. The molecule has 2 nitrogen and oxygen atoms in total. The fourth-order valence-electron chi connectivity index (χ4n) is 2.48. The maximum Gasteiger partial charge on any atom is 0.128 e. The Hall–Kier alpha value is -1.64. The molecular formula is C14H15FN2. The van der Waals surface area contributed by atoms with Crippen LogP contribution in [0.4, 0.5) is 4.39 Å². The number of rotatable bonds is 2. The molecule has 0 bridgehead atoms. The number of nitrogens with zero attached hydrogens (tertiary/aromatic N) is 2. The van der Waals surface area contributed by atoms with Gasteiger partial charge < -0.3 is 4.57 Å². The Morgan fingerprint density at radius 2 is 2.00 bits per heavy atom. The zero-order valence-corrected chi connectivity index (χ0v) is 9.69. The van der Waals surface area contributed by atoms with Crippen LogP contribution < -0.4 is 0 Å². The van der Waals surface area contributed by atoms with E-state index in [1.807, 2.05) is 18.5 Å². The van der Waals surface area contributed by atoms with E-state index >= 15 is 0 Å². The van der Waals surface area contributed by atoms with Crippen LogP contribution in [0.1, 0.15) is 29.8 Å². The fraction of sp³-hybridized carbons (Fsp3) is 0.357. The van der Waals surface area contributed by atoms with Crippen molar-refractivity contribution in [2.75, 3.05) is 0 Å². The molecule has 0 N–H and O–H groups in total. The molecule has 1 aromatic carbocycles. The molecule has 0 radical (unpaired) electrons. The molecule has 2 aromatic rings. The first-order chi connectivity index (χ1) is 8.34. The van der Waals surface area contributed by atoms with Gasteiger partial charge >= 0.3 is 0 Å². The zero-order valence-electron chi connectivity index (χ0n) is 9.69. The van der Waals surface area contributed by atoms with Crippen LogP contribution in [0.3, 0.4) is 0 Å². The highest BCUT2D eigenvalue weighted by atomic mass is 19.1. The van der Waals surface area contributed by atoms with E-state index in [0.717, 1.165) is 18.4 Å². The Bertz CT molecular complexity index is 531. The minimum atomic E-state index is -0.134. The minimum absolute atomic E-state index is 0.134. The summed E-state index contributed by atoms with van der Waals surface area (Å²) in [6, 6.07) is 6.95. The van der Waals surface area contributed by atoms with Crippen molar-refractivity contribution >= 4 is 0 Å². The van der Waals surface area contributed by atoms with Gasteiger partial charge in [-0.3, -0.25) is 0 Å². The molecule has 1 heterocycles. The molecule has 0 fully saturated rings. The number of benzene rings is 1. The molecule has 88 valence electrons. The lowest BCUT2D eigenvalue weighted by Gasteiger charge is -2.14. The second-order valence-corrected chi connectivity index (χ2v) is 4.56. The van der Waals surface area contributed by atoms with Crippen LogP contribution in [0.2, 0.25) is 0 Å². The molecular weight excluding hydrogens is 215 g/mol. The summed E-state index contributed by atoms with van der Waals surface area (Å²) in [6.45, 7) is 0.592. The molecule has 0 aliphatic heterocycles. The highest BCUT2D eigenvalue weighted by Gasteiger charge is 2.15. The summed E-state index contributed by atoms with van der Waals surface area (Å²) in [5.74, 6) is -0.134. The predicted octanol–water partition coefficient (Wildman–Crippen LogP) is 2.95. The van der Waals surface area contributed by atoms with Crippen LogP contribution >= 0.6 is 0 Å². The lowest BCUT2D eigenvalue weighted by atomic mass is 10.0. The first kappa shape index (κ1) is 10.5. The summed E-state index contributed by atoms with van der Waals surface area (Å²) < 4.78 is 15.7. The largest absolute Gasteiger partial charge is 0.330 e. The van der Waals surface area contributed by atoms with Crippen molar-refractivity contribution in [1.29, 1.82) is 0 Å². The summed E-state index contributed by atoms with van der Waals surface area (Å²) in [4.78, 5) is 4.42. The van der Waals surface area contributed by atoms with Crippen molar-refractivity contribution in [3.63, 3.8) is 0 Å². The molecule has 3 heteroatoms. The Morgan fingerprint density at radius 3 is 2.88 bits per heavy atom. The molecule has 17 heavy (non-hydrogen) atoms. The van der Waals surface area contributed by atoms with E-state index in [4.69, 9.17) is 0 Å². The van der Waals surface area contributed by atoms with Gasteiger partial charge in [-0.2, -0.15) is 0 Å². The average molecular weight is 230 g/mol. The summed E-state index contributed by atoms with van der Waals surface area (Å²) in [5, 5.41) is 0. The highest BCUT2D eigenvalue weighted by Crippen LogP contribution is 2.21. The molecule has 0 atom stereocenters. The highest BCUT2D eigenvalue weighted by molar-refractivity contribution is 5.21. The maximum atomic E-state index is 13.6. The summed E-state index contributed by atoms with van der Waals surface area (Å²) >= 11 is 0. The van der Waals surface area contributed by atoms with E-state index in [1.165, 1.54) is 30.3 Å². The Morgan fingerprint density at radius 1 is 1.18 bits per heavy atom. The molecule has 0 saturated heterocycles. The number of halogens is 1. The maximum absolute atomic E-state index is 13.6. The van der Waals surface area contributed by atoms with Crippen LogP contribution in [0.15, 0.2) is 30.6 Å². The molecule has 1 aromatic heterocycles. The Kier molecular flexibility index (Phi) is 2.67. The smallest absolute Gasteiger partial charge is 0.128 e. The Balaban J connectivity index is 1.91. The molecule has 1 aliphatic rings. The third-order valence-corrected chi connectivity index (χ3v) is 3.41. The van der Waals surface area contributed by atoms with E-state index in [1.54, 1.807) is 6.07 Å². The SMILES string of the molecule is Fc1ccccc1Cn1cnc2c1CCCC2. The van der Waals surface area contributed by atoms with Crippen LogP contribution in [0.5, 0.6) is 0 Å². The van der Waals surface area contributed by atoms with Gasteiger partial charge in [0.25, 0.3) is 0 Å². The number of aromatic nitrogens is 2. The lowest BCUT2D eigenvalue weighted by Crippen LogP contribution is -2.09. The van der Waals surface area contributed by atoms with Crippen molar-refractivity contribution in [2.24, 2.45) is 0 Å². The van der Waals surface area contributed by atoms with E-state index in [2.05, 4.69) is 9.55 Å². The van der Waals surface area contributed by atoms with Gasteiger partial charge in [0, 0.05) is 11.3 Å². The van der Waals surface area contributed by atoms with Crippen LogP contribution in [0.25, 0.3) is 0 Å². The van der Waals surface area contributed by atoms with Gasteiger partial charge in [-0.05, 0) is 31.7 Å². The second-order valence-electron chi connectivity index (χ2n) is 4.56. The first-order valence-corrected chi connectivity index (χ1v) is 6.11. The van der Waals surface area contributed by atoms with Gasteiger partial charge in [-0.25, -0.2) is 9.37 Å². The normalized spacial score (nSPS) is 14.6. The van der Waals surface area contributed by atoms with Crippen molar-refractivity contribution in [3.8, 4) is 0 Å². The molecule has 3 rings (SSSR count). The lowest BCUT2D eigenvalue weighted by molar-refractivity contribution is 0.585. The summed E-state index contributed by atoms with van der Waals surface area (Å²) in [5.41, 5.74) is 3.23. The van der Waals surface area contributed by atoms with Crippen LogP contribution in [-0.2, 0) is 19.4 Å². The second kappa shape index (κ2) is 4.32. The standard InChI is InChI=1S/C14H15FN2/c15-12-6-2-1-5-11(12)9-17-10-16-13-7-3-4-8-14(13)17/h1-2,5-6,10H,3-4,7-9H2. The van der Waals surface area contributed by atoms with Crippen molar-refractivity contribution in [3.05, 3.63) is 53.4 Å². The molecule has 0 unspecified atom stereocenters. The van der Waals surface area contributed by atoms with E-state index in [-0.39, 0.29) is 5.82 Å². The van der Waals surface area contributed by atoms with Gasteiger partial charge in [-0.15, -0.1) is 0 Å². The number of aryl methyl sites for hydroxylation is 1. The molecule has 0 amide bonds. The van der Waals surface area contributed by atoms with Gasteiger partial charge in [0.2, 0.25) is 0 Å². The topological polar surface area (TPSA) is 17.8 Å². The summed E-state index contributed by atoms with van der Waals surface area (Å²) in [7, 11) is 0. The van der Waals surface area contributed by atoms with Crippen molar-refractivity contribution < 1.29 is 4.39 Å². The predicted molar refractivity (Wildman–Crippen MR) is 64.4 cm³/mol. The van der Waals surface area contributed by atoms with Crippen LogP contribution in [0, 0.1) is 5.82 Å². The van der Waals surface area contributed by atoms with Crippen molar-refractivity contribution in [1.82, 2.24) is 9.55 Å². The average Bonchev–Trinajstić information content (AvgIpc) is 2.76. The van der Waals surface area contributed by atoms with Gasteiger partial charge in [0.15, 0.2) is 0 Å².